The van der Waals surface area contributed by atoms with Gasteiger partial charge in [-0.05, 0) is 208 Å². The van der Waals surface area contributed by atoms with E-state index in [4.69, 9.17) is 0 Å². The van der Waals surface area contributed by atoms with E-state index < -0.39 is 18.8 Å². The second-order valence-corrected chi connectivity index (χ2v) is 29.0. The van der Waals surface area contributed by atoms with Gasteiger partial charge in [-0.2, -0.15) is 0 Å². The second-order valence-electron chi connectivity index (χ2n) is 21.9. The van der Waals surface area contributed by atoms with Gasteiger partial charge in [0.05, 0.1) is 8.80 Å². The summed E-state index contributed by atoms with van der Waals surface area (Å²) >= 11 is 0. The molecule has 382 valence electrons. The molecule has 0 aliphatic rings. The molecule has 0 fully saturated rings. The lowest BCUT2D eigenvalue weighted by molar-refractivity contribution is 1.27. The summed E-state index contributed by atoms with van der Waals surface area (Å²) in [6.45, 7) is 4.80. The Kier molecular flexibility index (Phi) is 13.1. The Labute approximate surface area is 468 Å². The van der Waals surface area contributed by atoms with E-state index in [1.54, 1.807) is 0 Å². The van der Waals surface area contributed by atoms with Gasteiger partial charge in [0.25, 0.3) is 0 Å². The largest absolute Gasteiger partial charge is 0.310 e. The summed E-state index contributed by atoms with van der Waals surface area (Å²) < 4.78 is 0. The van der Waals surface area contributed by atoms with Crippen molar-refractivity contribution in [1.82, 2.24) is 0 Å². The summed E-state index contributed by atoms with van der Waals surface area (Å²) in [4.78, 5) is 6.27. The highest BCUT2D eigenvalue weighted by molar-refractivity contribution is 8.32. The van der Waals surface area contributed by atoms with Crippen molar-refractivity contribution in [3.63, 3.8) is 0 Å². The van der Waals surface area contributed by atoms with Gasteiger partial charge in [0, 0.05) is 34.1 Å². The van der Waals surface area contributed by atoms with Crippen molar-refractivity contribution < 1.29 is 0 Å². The summed E-state index contributed by atoms with van der Waals surface area (Å²) in [7, 11) is -1.96. The standard InChI is InChI=1S/C75H62N2SSi/c1-78(2,3)68-42-36-64(37-43-68)76(62-32-28-56(29-33-62)52-16-8-6-9-17-52)66-40-46-70-72(50-66)74(60-26-24-54-20-12-14-22-58(54)48-60)71-47-41-67(51-73(71)75(70)61-27-25-55-21-13-15-23-59(55)49-61)77(65-38-44-69(45-39-65)79(4)5)63-34-30-57(31-35-63)53-18-10-7-11-19-53/h6-51,79H,1-5H3. The van der Waals surface area contributed by atoms with E-state index in [0.717, 1.165) is 34.1 Å². The zero-order valence-electron chi connectivity index (χ0n) is 45.4. The summed E-state index contributed by atoms with van der Waals surface area (Å²) in [5.41, 5.74) is 16.2. The maximum Gasteiger partial charge on any atom is 0.0647 e. The van der Waals surface area contributed by atoms with E-state index in [0.29, 0.717) is 0 Å². The highest BCUT2D eigenvalue weighted by Gasteiger charge is 2.24. The van der Waals surface area contributed by atoms with Crippen LogP contribution < -0.4 is 15.0 Å². The van der Waals surface area contributed by atoms with Gasteiger partial charge >= 0.3 is 0 Å². The van der Waals surface area contributed by atoms with Crippen LogP contribution in [0, 0.1) is 0 Å². The minimum atomic E-state index is -1.03. The van der Waals surface area contributed by atoms with Crippen LogP contribution in [0.1, 0.15) is 0 Å². The van der Waals surface area contributed by atoms with Crippen LogP contribution in [0.2, 0.25) is 13.1 Å². The summed E-state index contributed by atoms with van der Waals surface area (Å²) in [5.74, 6) is 0. The Balaban J connectivity index is 1.09. The van der Waals surface area contributed by atoms with Gasteiger partial charge in [-0.15, -0.1) is 0 Å². The minimum Gasteiger partial charge on any atom is -0.310 e. The lowest BCUT2D eigenvalue weighted by Gasteiger charge is -2.30. The summed E-state index contributed by atoms with van der Waals surface area (Å²) in [6, 6.07) is 104. The Morgan fingerprint density at radius 1 is 0.266 bits per heavy atom. The van der Waals surface area contributed by atoms with Crippen LogP contribution >= 0.6 is 10.0 Å². The van der Waals surface area contributed by atoms with Crippen molar-refractivity contribution in [1.29, 1.82) is 0 Å². The molecule has 0 radical (unpaired) electrons. The molecule has 13 aromatic rings. The fraction of sp³-hybridized carbons (Fsp3) is 0.0667. The lowest BCUT2D eigenvalue weighted by atomic mass is 9.84. The van der Waals surface area contributed by atoms with Gasteiger partial charge in [0.2, 0.25) is 0 Å². The monoisotopic (exact) mass is 1050 g/mol. The van der Waals surface area contributed by atoms with Gasteiger partial charge in [-0.25, -0.2) is 10.0 Å². The van der Waals surface area contributed by atoms with E-state index >= 15 is 0 Å². The molecule has 0 N–H and O–H groups in total. The molecular formula is C75H62N2SSi. The van der Waals surface area contributed by atoms with Crippen molar-refractivity contribution in [3.8, 4) is 44.5 Å². The van der Waals surface area contributed by atoms with Crippen LogP contribution in [0.3, 0.4) is 0 Å². The van der Waals surface area contributed by atoms with Gasteiger partial charge in [-0.1, -0.05) is 200 Å². The molecule has 13 aromatic carbocycles. The van der Waals surface area contributed by atoms with Crippen LogP contribution in [-0.2, 0) is 0 Å². The zero-order valence-corrected chi connectivity index (χ0v) is 47.4. The third kappa shape index (κ3) is 9.69. The van der Waals surface area contributed by atoms with Crippen LogP contribution in [0.15, 0.2) is 284 Å². The van der Waals surface area contributed by atoms with Gasteiger partial charge < -0.3 is 9.80 Å². The molecule has 0 aromatic heterocycles. The van der Waals surface area contributed by atoms with E-state index in [1.807, 2.05) is 0 Å². The smallest absolute Gasteiger partial charge is 0.0647 e. The molecule has 0 heterocycles. The highest BCUT2D eigenvalue weighted by Crippen LogP contribution is 2.50. The quantitative estimate of drug-likeness (QED) is 0.0889. The first-order chi connectivity index (χ1) is 38.6. The van der Waals surface area contributed by atoms with E-state index in [9.17, 15) is 0 Å². The molecule has 79 heavy (non-hydrogen) atoms. The first-order valence-corrected chi connectivity index (χ1v) is 33.2. The minimum absolute atomic E-state index is 0.935. The molecule has 0 atom stereocenters. The highest BCUT2D eigenvalue weighted by atomic mass is 32.3. The summed E-state index contributed by atoms with van der Waals surface area (Å²) in [5, 5.41) is 11.1. The fourth-order valence-corrected chi connectivity index (χ4v) is 13.5. The Bertz CT molecular complexity index is 4340. The van der Waals surface area contributed by atoms with Gasteiger partial charge in [0.15, 0.2) is 0 Å². The topological polar surface area (TPSA) is 6.48 Å². The molecule has 0 saturated heterocycles. The molecular weight excluding hydrogens is 989 g/mol. The number of benzene rings is 13. The van der Waals surface area contributed by atoms with Crippen LogP contribution in [0.5, 0.6) is 0 Å². The predicted molar refractivity (Wildman–Crippen MR) is 350 cm³/mol. The molecule has 0 bridgehead atoms. The van der Waals surface area contributed by atoms with Crippen LogP contribution in [0.4, 0.5) is 34.1 Å². The molecule has 0 aliphatic carbocycles. The molecule has 0 saturated carbocycles. The van der Waals surface area contributed by atoms with Crippen molar-refractivity contribution in [2.75, 3.05) is 28.6 Å². The number of fused-ring (bicyclic) bond motifs is 4. The second kappa shape index (κ2) is 20.8. The van der Waals surface area contributed by atoms with E-state index in [1.165, 1.54) is 97.7 Å². The zero-order chi connectivity index (χ0) is 53.6. The Morgan fingerprint density at radius 2 is 0.595 bits per heavy atom. The molecule has 4 heteroatoms. The van der Waals surface area contributed by atoms with Crippen molar-refractivity contribution in [3.05, 3.63) is 279 Å². The van der Waals surface area contributed by atoms with E-state index in [-0.39, 0.29) is 0 Å². The molecule has 0 unspecified atom stereocenters. The molecule has 2 nitrogen and oxygen atoms in total. The SMILES string of the molecule is C[SiH](C)c1ccc(N(c2ccc(-c3ccccc3)cc2)c2ccc3c(-c4ccc5ccccc5c4)c4cc(N(c5ccc(-c6ccccc6)cc5)c5ccc(S(C)(C)C)cc5)ccc4c(-c4ccc5ccccc5c4)c3c2)cc1. The number of rotatable bonds is 12. The maximum absolute atomic E-state index is 2.47. The molecule has 0 spiro atoms. The van der Waals surface area contributed by atoms with Crippen molar-refractivity contribution >= 4 is 101 Å². The average molecular weight is 1050 g/mol. The number of hydrogen-bond acceptors (Lipinski definition) is 2. The van der Waals surface area contributed by atoms with Gasteiger partial charge in [0.1, 0.15) is 0 Å². The molecule has 0 amide bonds. The molecule has 0 aliphatic heterocycles. The summed E-state index contributed by atoms with van der Waals surface area (Å²) in [6.07, 6.45) is 7.10. The number of anilines is 6. The third-order valence-corrected chi connectivity index (χ3v) is 19.2. The molecule has 13 rings (SSSR count). The number of hydrogen-bond donors (Lipinski definition) is 0. The first-order valence-electron chi connectivity index (χ1n) is 27.4. The van der Waals surface area contributed by atoms with Gasteiger partial charge in [-0.3, -0.25) is 0 Å². The maximum atomic E-state index is 2.47. The predicted octanol–water partition coefficient (Wildman–Crippen LogP) is 20.7. The first kappa shape index (κ1) is 49.6. The van der Waals surface area contributed by atoms with Crippen LogP contribution in [-0.4, -0.2) is 27.6 Å². The fourth-order valence-electron chi connectivity index (χ4n) is 11.6. The normalized spacial score (nSPS) is 11.9. The Morgan fingerprint density at radius 3 is 0.987 bits per heavy atom. The van der Waals surface area contributed by atoms with E-state index in [2.05, 4.69) is 321 Å². The third-order valence-electron chi connectivity index (χ3n) is 15.8. The average Bonchev–Trinajstić information content (AvgIpc) is 3.68. The van der Waals surface area contributed by atoms with Crippen LogP contribution in [0.25, 0.3) is 87.6 Å². The lowest BCUT2D eigenvalue weighted by Crippen LogP contribution is -2.22. The van der Waals surface area contributed by atoms with Crippen molar-refractivity contribution in [2.45, 2.75) is 18.0 Å². The Hall–Kier alpha value is -8.93. The van der Waals surface area contributed by atoms with Crippen molar-refractivity contribution in [2.24, 2.45) is 0 Å². The number of nitrogens with zero attached hydrogens (tertiary/aromatic N) is 2.